The van der Waals surface area contributed by atoms with Gasteiger partial charge in [-0.15, -0.1) is 0 Å². The molecule has 16 heavy (non-hydrogen) atoms. The largest absolute Gasteiger partial charge is 0.238 e. The molecular formula is C12H10ClFN2. The summed E-state index contributed by atoms with van der Waals surface area (Å²) in [7, 11) is 0. The lowest BCUT2D eigenvalue weighted by atomic mass is 10.1. The first-order valence-corrected chi connectivity index (χ1v) is 5.26. The maximum Gasteiger partial charge on any atom is 0.134 e. The minimum atomic E-state index is -0.247. The molecule has 2 aromatic rings. The first-order valence-electron chi connectivity index (χ1n) is 4.88. The predicted molar refractivity (Wildman–Crippen MR) is 61.0 cm³/mol. The van der Waals surface area contributed by atoms with Crippen LogP contribution in [-0.2, 0) is 6.42 Å². The van der Waals surface area contributed by atoms with Crippen molar-refractivity contribution < 1.29 is 4.39 Å². The lowest BCUT2D eigenvalue weighted by molar-refractivity contribution is 0.612. The van der Waals surface area contributed by atoms with Crippen LogP contribution in [0.4, 0.5) is 4.39 Å². The van der Waals surface area contributed by atoms with Crippen molar-refractivity contribution in [2.24, 2.45) is 0 Å². The van der Waals surface area contributed by atoms with Gasteiger partial charge in [0.2, 0.25) is 0 Å². The van der Waals surface area contributed by atoms with Crippen molar-refractivity contribution in [1.82, 2.24) is 9.97 Å². The fourth-order valence-electron chi connectivity index (χ4n) is 1.48. The fourth-order valence-corrected chi connectivity index (χ4v) is 1.74. The summed E-state index contributed by atoms with van der Waals surface area (Å²) in [5, 5.41) is 0.388. The van der Waals surface area contributed by atoms with Gasteiger partial charge in [-0.25, -0.2) is 14.4 Å². The molecule has 0 fully saturated rings. The minimum absolute atomic E-state index is 0.247. The molecule has 0 aliphatic carbocycles. The number of rotatable bonds is 2. The average molecular weight is 237 g/mol. The third kappa shape index (κ3) is 2.55. The second-order valence-corrected chi connectivity index (χ2v) is 3.90. The van der Waals surface area contributed by atoms with E-state index in [1.165, 1.54) is 6.07 Å². The molecule has 0 saturated heterocycles. The van der Waals surface area contributed by atoms with Gasteiger partial charge in [0, 0.05) is 12.1 Å². The molecule has 1 heterocycles. The topological polar surface area (TPSA) is 25.8 Å². The maximum absolute atomic E-state index is 13.4. The highest BCUT2D eigenvalue weighted by molar-refractivity contribution is 6.29. The lowest BCUT2D eigenvalue weighted by Gasteiger charge is -2.03. The molecule has 0 spiro atoms. The second kappa shape index (κ2) is 4.58. The van der Waals surface area contributed by atoms with Gasteiger partial charge in [-0.2, -0.15) is 0 Å². The van der Waals surface area contributed by atoms with E-state index >= 15 is 0 Å². The van der Waals surface area contributed by atoms with Gasteiger partial charge in [-0.05, 0) is 24.6 Å². The normalized spacial score (nSPS) is 10.4. The third-order valence-electron chi connectivity index (χ3n) is 2.18. The van der Waals surface area contributed by atoms with Crippen LogP contribution in [0.3, 0.4) is 0 Å². The number of aromatic nitrogens is 2. The van der Waals surface area contributed by atoms with Crippen molar-refractivity contribution in [3.05, 3.63) is 58.4 Å². The standard InChI is InChI=1S/C12H10ClFN2/c1-8-6-11(13)16-12(15-8)7-9-4-2-3-5-10(9)14/h2-6H,7H2,1H3. The zero-order valence-electron chi connectivity index (χ0n) is 8.74. The summed E-state index contributed by atoms with van der Waals surface area (Å²) in [6.07, 6.45) is 0.355. The summed E-state index contributed by atoms with van der Waals surface area (Å²) in [5.41, 5.74) is 1.36. The zero-order valence-corrected chi connectivity index (χ0v) is 9.50. The smallest absolute Gasteiger partial charge is 0.134 e. The van der Waals surface area contributed by atoms with Gasteiger partial charge < -0.3 is 0 Å². The third-order valence-corrected chi connectivity index (χ3v) is 2.37. The molecule has 0 unspecified atom stereocenters. The van der Waals surface area contributed by atoms with Gasteiger partial charge in [-0.1, -0.05) is 29.8 Å². The van der Waals surface area contributed by atoms with Crippen molar-refractivity contribution in [2.75, 3.05) is 0 Å². The summed E-state index contributed by atoms with van der Waals surface area (Å²) in [4.78, 5) is 8.27. The van der Waals surface area contributed by atoms with E-state index in [9.17, 15) is 4.39 Å². The van der Waals surface area contributed by atoms with E-state index in [0.29, 0.717) is 23.0 Å². The first-order chi connectivity index (χ1) is 7.65. The highest BCUT2D eigenvalue weighted by Crippen LogP contribution is 2.13. The molecule has 0 aliphatic heterocycles. The van der Waals surface area contributed by atoms with Crippen molar-refractivity contribution in [1.29, 1.82) is 0 Å². The number of nitrogens with zero attached hydrogens (tertiary/aromatic N) is 2. The average Bonchev–Trinajstić information content (AvgIpc) is 2.20. The quantitative estimate of drug-likeness (QED) is 0.749. The molecule has 0 radical (unpaired) electrons. The van der Waals surface area contributed by atoms with Crippen molar-refractivity contribution in [3.8, 4) is 0 Å². The van der Waals surface area contributed by atoms with Crippen LogP contribution in [0.5, 0.6) is 0 Å². The van der Waals surface area contributed by atoms with Crippen LogP contribution >= 0.6 is 11.6 Å². The summed E-state index contributed by atoms with van der Waals surface area (Å²) in [6, 6.07) is 8.26. The highest BCUT2D eigenvalue weighted by Gasteiger charge is 2.05. The molecule has 4 heteroatoms. The Morgan fingerprint density at radius 3 is 2.69 bits per heavy atom. The van der Waals surface area contributed by atoms with E-state index in [0.717, 1.165) is 5.69 Å². The monoisotopic (exact) mass is 236 g/mol. The molecule has 0 bridgehead atoms. The van der Waals surface area contributed by atoms with Crippen LogP contribution in [0.15, 0.2) is 30.3 Å². The van der Waals surface area contributed by atoms with Gasteiger partial charge in [0.05, 0.1) is 0 Å². The number of benzene rings is 1. The van der Waals surface area contributed by atoms with E-state index in [-0.39, 0.29) is 5.82 Å². The van der Waals surface area contributed by atoms with Crippen LogP contribution in [0.25, 0.3) is 0 Å². The van der Waals surface area contributed by atoms with Gasteiger partial charge in [0.1, 0.15) is 16.8 Å². The Balaban J connectivity index is 2.30. The molecule has 0 amide bonds. The Labute approximate surface area is 98.1 Å². The highest BCUT2D eigenvalue weighted by atomic mass is 35.5. The molecule has 1 aromatic heterocycles. The summed E-state index contributed by atoms with van der Waals surface area (Å²) in [5.74, 6) is 0.291. The Kier molecular flexibility index (Phi) is 3.15. The van der Waals surface area contributed by atoms with Crippen LogP contribution < -0.4 is 0 Å². The minimum Gasteiger partial charge on any atom is -0.238 e. The number of hydrogen-bond acceptors (Lipinski definition) is 2. The van der Waals surface area contributed by atoms with Gasteiger partial charge in [0.25, 0.3) is 0 Å². The first kappa shape index (κ1) is 11.0. The van der Waals surface area contributed by atoms with E-state index in [4.69, 9.17) is 11.6 Å². The second-order valence-electron chi connectivity index (χ2n) is 3.52. The molecular weight excluding hydrogens is 227 g/mol. The van der Waals surface area contributed by atoms with E-state index in [1.807, 2.05) is 6.92 Å². The number of halogens is 2. The van der Waals surface area contributed by atoms with Crippen LogP contribution in [-0.4, -0.2) is 9.97 Å². The van der Waals surface area contributed by atoms with Crippen molar-refractivity contribution in [3.63, 3.8) is 0 Å². The van der Waals surface area contributed by atoms with Crippen LogP contribution in [0.1, 0.15) is 17.1 Å². The van der Waals surface area contributed by atoms with Crippen molar-refractivity contribution >= 4 is 11.6 Å². The molecule has 2 rings (SSSR count). The Bertz CT molecular complexity index is 494. The fraction of sp³-hybridized carbons (Fsp3) is 0.167. The summed E-state index contributed by atoms with van der Waals surface area (Å²) >= 11 is 5.81. The maximum atomic E-state index is 13.4. The van der Waals surface area contributed by atoms with E-state index < -0.39 is 0 Å². The van der Waals surface area contributed by atoms with Crippen LogP contribution in [0.2, 0.25) is 5.15 Å². The molecule has 0 atom stereocenters. The Morgan fingerprint density at radius 2 is 2.00 bits per heavy atom. The molecule has 2 nitrogen and oxygen atoms in total. The lowest BCUT2D eigenvalue weighted by Crippen LogP contribution is -2.00. The van der Waals surface area contributed by atoms with Crippen LogP contribution in [0, 0.1) is 12.7 Å². The molecule has 0 aliphatic rings. The SMILES string of the molecule is Cc1cc(Cl)nc(Cc2ccccc2F)n1. The molecule has 82 valence electrons. The summed E-state index contributed by atoms with van der Waals surface area (Å²) < 4.78 is 13.4. The molecule has 0 saturated carbocycles. The Hall–Kier alpha value is -1.48. The van der Waals surface area contributed by atoms with Gasteiger partial charge in [0.15, 0.2) is 0 Å². The molecule has 1 aromatic carbocycles. The summed E-state index contributed by atoms with van der Waals surface area (Å²) in [6.45, 7) is 1.83. The number of hydrogen-bond donors (Lipinski definition) is 0. The Morgan fingerprint density at radius 1 is 1.25 bits per heavy atom. The van der Waals surface area contributed by atoms with E-state index in [1.54, 1.807) is 24.3 Å². The van der Waals surface area contributed by atoms with Gasteiger partial charge in [-0.3, -0.25) is 0 Å². The van der Waals surface area contributed by atoms with E-state index in [2.05, 4.69) is 9.97 Å². The van der Waals surface area contributed by atoms with Crippen molar-refractivity contribution in [2.45, 2.75) is 13.3 Å². The molecule has 0 N–H and O–H groups in total. The zero-order chi connectivity index (χ0) is 11.5. The predicted octanol–water partition coefficient (Wildman–Crippen LogP) is 3.17. The van der Waals surface area contributed by atoms with Gasteiger partial charge >= 0.3 is 0 Å². The number of aryl methyl sites for hydroxylation is 1.